The maximum absolute atomic E-state index is 5.29. The molecule has 1 heteroatoms. The van der Waals surface area contributed by atoms with E-state index in [0.29, 0.717) is 6.04 Å². The lowest BCUT2D eigenvalue weighted by Gasteiger charge is -1.91. The van der Waals surface area contributed by atoms with Gasteiger partial charge in [-0.1, -0.05) is 27.2 Å². The maximum atomic E-state index is 5.29. The van der Waals surface area contributed by atoms with Gasteiger partial charge in [-0.25, -0.2) is 0 Å². The van der Waals surface area contributed by atoms with Gasteiger partial charge in [0.25, 0.3) is 0 Å². The predicted octanol–water partition coefficient (Wildman–Crippen LogP) is 2.16. The van der Waals surface area contributed by atoms with Crippen LogP contribution in [0.2, 0.25) is 0 Å². The molecular weight excluding hydrogens is 98.1 g/mol. The quantitative estimate of drug-likeness (QED) is 0.559. The first-order valence-corrected chi connectivity index (χ1v) is 3.44. The number of hydrogen-bond acceptors (Lipinski definition) is 1. The SMILES string of the molecule is CCC.CCC(C)N. The van der Waals surface area contributed by atoms with Crippen molar-refractivity contribution in [3.8, 4) is 0 Å². The summed E-state index contributed by atoms with van der Waals surface area (Å²) in [5, 5.41) is 0. The minimum Gasteiger partial charge on any atom is -0.328 e. The Kier molecular flexibility index (Phi) is 13.6. The zero-order valence-corrected chi connectivity index (χ0v) is 6.57. The second-order valence-electron chi connectivity index (χ2n) is 2.09. The Morgan fingerprint density at radius 3 is 1.38 bits per heavy atom. The molecule has 0 aromatic heterocycles. The van der Waals surface area contributed by atoms with Crippen LogP contribution in [-0.2, 0) is 0 Å². The van der Waals surface area contributed by atoms with Gasteiger partial charge in [-0.05, 0) is 13.3 Å². The normalized spacial score (nSPS) is 11.6. The highest BCUT2D eigenvalue weighted by Gasteiger charge is 1.79. The highest BCUT2D eigenvalue weighted by molar-refractivity contribution is 4.43. The van der Waals surface area contributed by atoms with Gasteiger partial charge in [0.15, 0.2) is 0 Å². The first-order valence-electron chi connectivity index (χ1n) is 3.44. The standard InChI is InChI=1S/C4H11N.C3H8/c1-3-4(2)5;1-3-2/h4H,3,5H2,1-2H3;3H2,1-2H3. The van der Waals surface area contributed by atoms with Gasteiger partial charge in [0.1, 0.15) is 0 Å². The third kappa shape index (κ3) is 38.2. The summed E-state index contributed by atoms with van der Waals surface area (Å²) in [5.74, 6) is 0. The van der Waals surface area contributed by atoms with Gasteiger partial charge in [-0.15, -0.1) is 0 Å². The van der Waals surface area contributed by atoms with Crippen LogP contribution in [0.4, 0.5) is 0 Å². The van der Waals surface area contributed by atoms with Gasteiger partial charge < -0.3 is 5.73 Å². The third-order valence-corrected chi connectivity index (χ3v) is 0.644. The van der Waals surface area contributed by atoms with E-state index in [2.05, 4.69) is 20.8 Å². The van der Waals surface area contributed by atoms with Crippen LogP contribution in [0.25, 0.3) is 0 Å². The van der Waals surface area contributed by atoms with E-state index < -0.39 is 0 Å². The zero-order chi connectivity index (χ0) is 6.99. The fraction of sp³-hybridized carbons (Fsp3) is 1.00. The van der Waals surface area contributed by atoms with Crippen molar-refractivity contribution < 1.29 is 0 Å². The molecule has 0 fully saturated rings. The van der Waals surface area contributed by atoms with Crippen LogP contribution in [0.5, 0.6) is 0 Å². The van der Waals surface area contributed by atoms with Gasteiger partial charge >= 0.3 is 0 Å². The fourth-order valence-corrected chi connectivity index (χ4v) is 0. The van der Waals surface area contributed by atoms with E-state index in [1.807, 2.05) is 6.92 Å². The third-order valence-electron chi connectivity index (χ3n) is 0.644. The lowest BCUT2D eigenvalue weighted by atomic mass is 10.3. The molecule has 1 nitrogen and oxygen atoms in total. The zero-order valence-electron chi connectivity index (χ0n) is 6.57. The summed E-state index contributed by atoms with van der Waals surface area (Å²) in [6, 6.07) is 0.384. The smallest absolute Gasteiger partial charge is 0.000781 e. The summed E-state index contributed by atoms with van der Waals surface area (Å²) in [7, 11) is 0. The Hall–Kier alpha value is -0.0400. The minimum absolute atomic E-state index is 0.384. The van der Waals surface area contributed by atoms with Crippen molar-refractivity contribution in [2.45, 2.75) is 46.6 Å². The van der Waals surface area contributed by atoms with Gasteiger partial charge in [0.2, 0.25) is 0 Å². The van der Waals surface area contributed by atoms with Crippen molar-refractivity contribution in [2.24, 2.45) is 5.73 Å². The first-order chi connectivity index (χ1) is 3.68. The monoisotopic (exact) mass is 117 g/mol. The van der Waals surface area contributed by atoms with E-state index in [1.165, 1.54) is 6.42 Å². The van der Waals surface area contributed by atoms with E-state index >= 15 is 0 Å². The van der Waals surface area contributed by atoms with Gasteiger partial charge in [0.05, 0.1) is 0 Å². The van der Waals surface area contributed by atoms with Crippen LogP contribution in [0.15, 0.2) is 0 Å². The fourth-order valence-electron chi connectivity index (χ4n) is 0. The molecule has 0 aliphatic rings. The van der Waals surface area contributed by atoms with Gasteiger partial charge in [-0.2, -0.15) is 0 Å². The molecule has 0 heterocycles. The van der Waals surface area contributed by atoms with Crippen LogP contribution in [-0.4, -0.2) is 6.04 Å². The average Bonchev–Trinajstić information content (AvgIpc) is 1.69. The molecule has 0 radical (unpaired) electrons. The summed E-state index contributed by atoms with van der Waals surface area (Å²) < 4.78 is 0. The summed E-state index contributed by atoms with van der Waals surface area (Å²) >= 11 is 0. The summed E-state index contributed by atoms with van der Waals surface area (Å²) in [5.41, 5.74) is 5.29. The van der Waals surface area contributed by atoms with Crippen LogP contribution in [0.1, 0.15) is 40.5 Å². The molecular formula is C7H19N. The highest BCUT2D eigenvalue weighted by atomic mass is 14.6. The topological polar surface area (TPSA) is 26.0 Å². The first kappa shape index (κ1) is 10.9. The van der Waals surface area contributed by atoms with Crippen molar-refractivity contribution in [3.63, 3.8) is 0 Å². The van der Waals surface area contributed by atoms with E-state index in [4.69, 9.17) is 5.73 Å². The Labute approximate surface area is 53.3 Å². The molecule has 0 aromatic rings. The van der Waals surface area contributed by atoms with Crippen molar-refractivity contribution >= 4 is 0 Å². The van der Waals surface area contributed by atoms with Crippen LogP contribution < -0.4 is 5.73 Å². The molecule has 1 atom stereocenters. The van der Waals surface area contributed by atoms with Crippen LogP contribution >= 0.6 is 0 Å². The molecule has 0 aliphatic carbocycles. The predicted molar refractivity (Wildman–Crippen MR) is 39.9 cm³/mol. The van der Waals surface area contributed by atoms with Crippen molar-refractivity contribution in [3.05, 3.63) is 0 Å². The molecule has 0 aromatic carbocycles. The number of rotatable bonds is 1. The van der Waals surface area contributed by atoms with Crippen LogP contribution in [0.3, 0.4) is 0 Å². The lowest BCUT2D eigenvalue weighted by Crippen LogP contribution is -2.11. The van der Waals surface area contributed by atoms with E-state index in [1.54, 1.807) is 0 Å². The minimum atomic E-state index is 0.384. The van der Waals surface area contributed by atoms with Crippen molar-refractivity contribution in [1.29, 1.82) is 0 Å². The second-order valence-corrected chi connectivity index (χ2v) is 2.09. The van der Waals surface area contributed by atoms with Crippen LogP contribution in [0, 0.1) is 0 Å². The largest absolute Gasteiger partial charge is 0.328 e. The molecule has 1 unspecified atom stereocenters. The Bertz CT molecular complexity index is 25.6. The molecule has 0 spiro atoms. The van der Waals surface area contributed by atoms with Crippen molar-refractivity contribution in [2.75, 3.05) is 0 Å². The Morgan fingerprint density at radius 1 is 1.25 bits per heavy atom. The lowest BCUT2D eigenvalue weighted by molar-refractivity contribution is 0.715. The van der Waals surface area contributed by atoms with E-state index in [0.717, 1.165) is 6.42 Å². The molecule has 8 heavy (non-hydrogen) atoms. The molecule has 0 saturated heterocycles. The summed E-state index contributed by atoms with van der Waals surface area (Å²) in [6.07, 6.45) is 2.33. The number of hydrogen-bond donors (Lipinski definition) is 1. The van der Waals surface area contributed by atoms with E-state index in [9.17, 15) is 0 Å². The highest BCUT2D eigenvalue weighted by Crippen LogP contribution is 1.77. The second kappa shape index (κ2) is 10.0. The molecule has 0 amide bonds. The summed E-state index contributed by atoms with van der Waals surface area (Å²) in [4.78, 5) is 0. The Balaban J connectivity index is 0. The average molecular weight is 117 g/mol. The Morgan fingerprint density at radius 2 is 1.38 bits per heavy atom. The number of nitrogens with two attached hydrogens (primary N) is 1. The molecule has 0 aliphatic heterocycles. The molecule has 0 rings (SSSR count). The summed E-state index contributed by atoms with van der Waals surface area (Å²) in [6.45, 7) is 8.32. The van der Waals surface area contributed by atoms with Gasteiger partial charge in [0, 0.05) is 6.04 Å². The maximum Gasteiger partial charge on any atom is 0.000781 e. The molecule has 0 saturated carbocycles. The molecule has 0 bridgehead atoms. The van der Waals surface area contributed by atoms with E-state index in [-0.39, 0.29) is 0 Å². The molecule has 52 valence electrons. The van der Waals surface area contributed by atoms with Gasteiger partial charge in [-0.3, -0.25) is 0 Å². The van der Waals surface area contributed by atoms with Crippen molar-refractivity contribution in [1.82, 2.24) is 0 Å². The molecule has 2 N–H and O–H groups in total.